The highest BCUT2D eigenvalue weighted by Crippen LogP contribution is 2.44. The molecular weight excluding hydrogens is 608 g/mol. The molecule has 2 N–H and O–H groups in total. The van der Waals surface area contributed by atoms with Crippen LogP contribution in [-0.4, -0.2) is 40.7 Å². The first-order chi connectivity index (χ1) is 24.1. The highest BCUT2D eigenvalue weighted by Gasteiger charge is 2.38. The maximum Gasteiger partial charge on any atom is 0.407 e. The molecule has 7 heteroatoms. The molecule has 2 amide bonds. The van der Waals surface area contributed by atoms with Crippen LogP contribution in [-0.2, 0) is 21.5 Å². The third-order valence-corrected chi connectivity index (χ3v) is 9.31. The van der Waals surface area contributed by atoms with Crippen LogP contribution in [0.3, 0.4) is 0 Å². The maximum absolute atomic E-state index is 13.3. The lowest BCUT2D eigenvalue weighted by Gasteiger charge is -2.37. The number of hydrogen-bond acceptors (Lipinski definition) is 4. The van der Waals surface area contributed by atoms with Crippen molar-refractivity contribution in [3.8, 4) is 11.1 Å². The minimum absolute atomic E-state index is 0.0844. The number of benzene rings is 5. The van der Waals surface area contributed by atoms with Gasteiger partial charge in [-0.3, -0.25) is 4.79 Å². The fourth-order valence-electron chi connectivity index (χ4n) is 7.14. The number of nitrogens with zero attached hydrogens (tertiary/aromatic N) is 2. The second kappa shape index (κ2) is 14.0. The lowest BCUT2D eigenvalue weighted by Crippen LogP contribution is -2.48. The molecule has 0 bridgehead atoms. The summed E-state index contributed by atoms with van der Waals surface area (Å²) in [6.07, 6.45) is 3.31. The number of fused-ring (bicyclic) bond motifs is 3. The van der Waals surface area contributed by atoms with E-state index in [9.17, 15) is 9.59 Å². The SMILES string of the molecule is CCNC(=O)[C@H](Cc1cn(C(c2ccccc2)(c2ccccc2)c2ccccc2)cn1)NC(=O)OCC1c2ccccc2-c2ccccc21. The van der Waals surface area contributed by atoms with Gasteiger partial charge < -0.3 is 19.9 Å². The number of ether oxygens (including phenoxy) is 1. The Kier molecular flexibility index (Phi) is 9.06. The van der Waals surface area contributed by atoms with Gasteiger partial charge in [-0.05, 0) is 45.9 Å². The van der Waals surface area contributed by atoms with Gasteiger partial charge in [-0.2, -0.15) is 0 Å². The van der Waals surface area contributed by atoms with Gasteiger partial charge in [-0.1, -0.05) is 140 Å². The molecule has 0 saturated heterocycles. The van der Waals surface area contributed by atoms with E-state index in [0.717, 1.165) is 38.9 Å². The molecule has 1 atom stereocenters. The quantitative estimate of drug-likeness (QED) is 0.145. The van der Waals surface area contributed by atoms with Gasteiger partial charge in [0.2, 0.25) is 5.91 Å². The van der Waals surface area contributed by atoms with E-state index in [2.05, 4.69) is 75.9 Å². The van der Waals surface area contributed by atoms with Crippen LogP contribution in [0.1, 0.15) is 46.4 Å². The first kappa shape index (κ1) is 31.6. The highest BCUT2D eigenvalue weighted by atomic mass is 16.5. The van der Waals surface area contributed by atoms with Gasteiger partial charge in [0.1, 0.15) is 18.2 Å². The van der Waals surface area contributed by atoms with E-state index in [1.54, 1.807) is 0 Å². The third-order valence-electron chi connectivity index (χ3n) is 9.31. The van der Waals surface area contributed by atoms with E-state index in [0.29, 0.717) is 12.2 Å². The Labute approximate surface area is 286 Å². The van der Waals surface area contributed by atoms with Crippen molar-refractivity contribution in [2.45, 2.75) is 30.8 Å². The van der Waals surface area contributed by atoms with Crippen molar-refractivity contribution < 1.29 is 14.3 Å². The number of hydrogen-bond donors (Lipinski definition) is 2. The molecule has 1 aliphatic rings. The van der Waals surface area contributed by atoms with E-state index in [1.165, 1.54) is 0 Å². The molecule has 1 heterocycles. The van der Waals surface area contributed by atoms with Crippen molar-refractivity contribution >= 4 is 12.0 Å². The molecule has 0 fully saturated rings. The number of alkyl carbamates (subject to hydrolysis) is 1. The van der Waals surface area contributed by atoms with Gasteiger partial charge in [0, 0.05) is 25.1 Å². The van der Waals surface area contributed by atoms with Gasteiger partial charge in [0.15, 0.2) is 0 Å². The number of nitrogens with one attached hydrogen (secondary N) is 2. The molecule has 7 rings (SSSR count). The second-order valence-electron chi connectivity index (χ2n) is 12.2. The molecule has 0 unspecified atom stereocenters. The summed E-state index contributed by atoms with van der Waals surface area (Å²) in [4.78, 5) is 31.4. The van der Waals surface area contributed by atoms with E-state index < -0.39 is 17.7 Å². The summed E-state index contributed by atoms with van der Waals surface area (Å²) in [5.41, 5.74) is 7.66. The lowest BCUT2D eigenvalue weighted by molar-refractivity contribution is -0.122. The first-order valence-corrected chi connectivity index (χ1v) is 16.7. The Morgan fingerprint density at radius 1 is 0.735 bits per heavy atom. The number of carbonyl (C=O) groups is 2. The van der Waals surface area contributed by atoms with Gasteiger partial charge in [0.05, 0.1) is 12.0 Å². The summed E-state index contributed by atoms with van der Waals surface area (Å²) in [5.74, 6) is -0.384. The number of rotatable bonds is 11. The zero-order chi connectivity index (χ0) is 33.6. The van der Waals surface area contributed by atoms with Gasteiger partial charge in [0.25, 0.3) is 0 Å². The normalized spacial score (nSPS) is 12.8. The second-order valence-corrected chi connectivity index (χ2v) is 12.2. The highest BCUT2D eigenvalue weighted by molar-refractivity contribution is 5.86. The predicted molar refractivity (Wildman–Crippen MR) is 191 cm³/mol. The van der Waals surface area contributed by atoms with Crippen LogP contribution in [0.4, 0.5) is 4.79 Å². The molecule has 7 nitrogen and oxygen atoms in total. The molecule has 49 heavy (non-hydrogen) atoms. The van der Waals surface area contributed by atoms with E-state index in [4.69, 9.17) is 9.72 Å². The lowest BCUT2D eigenvalue weighted by atomic mass is 9.77. The van der Waals surface area contributed by atoms with Crippen molar-refractivity contribution in [2.24, 2.45) is 0 Å². The van der Waals surface area contributed by atoms with Crippen molar-refractivity contribution in [1.29, 1.82) is 0 Å². The fourth-order valence-corrected chi connectivity index (χ4v) is 7.14. The molecule has 5 aromatic carbocycles. The Balaban J connectivity index is 1.16. The van der Waals surface area contributed by atoms with Crippen molar-refractivity contribution in [3.63, 3.8) is 0 Å². The number of aromatic nitrogens is 2. The van der Waals surface area contributed by atoms with Crippen LogP contribution < -0.4 is 10.6 Å². The number of carbonyl (C=O) groups excluding carboxylic acids is 2. The summed E-state index contributed by atoms with van der Waals surface area (Å²) < 4.78 is 7.92. The van der Waals surface area contributed by atoms with Gasteiger partial charge >= 0.3 is 6.09 Å². The molecule has 0 radical (unpaired) electrons. The van der Waals surface area contributed by atoms with Crippen molar-refractivity contribution in [1.82, 2.24) is 20.2 Å². The van der Waals surface area contributed by atoms with E-state index in [-0.39, 0.29) is 24.9 Å². The average Bonchev–Trinajstić information content (AvgIpc) is 3.75. The Morgan fingerprint density at radius 3 is 1.73 bits per heavy atom. The fraction of sp³-hybridized carbons (Fsp3) is 0.167. The Bertz CT molecular complexity index is 1900. The zero-order valence-corrected chi connectivity index (χ0v) is 27.3. The molecule has 0 saturated carbocycles. The standard InChI is InChI=1S/C42H38N4O3/c1-2-43-40(47)39(45-41(48)49-28-38-36-24-14-12-22-34(36)35-23-13-15-25-37(35)38)26-33-27-46(29-44-33)42(30-16-6-3-7-17-30,31-18-8-4-9-19-31)32-20-10-5-11-21-32/h3-25,27,29,38-39H,2,26,28H2,1H3,(H,43,47)(H,45,48)/t39-/m0/s1. The topological polar surface area (TPSA) is 85.3 Å². The Morgan fingerprint density at radius 2 is 1.22 bits per heavy atom. The van der Waals surface area contributed by atoms with Crippen LogP contribution >= 0.6 is 0 Å². The molecule has 244 valence electrons. The van der Waals surface area contributed by atoms with Crippen LogP contribution in [0.15, 0.2) is 152 Å². The molecule has 0 aliphatic heterocycles. The zero-order valence-electron chi connectivity index (χ0n) is 27.3. The van der Waals surface area contributed by atoms with Crippen LogP contribution in [0, 0.1) is 0 Å². The Hall–Kier alpha value is -5.95. The van der Waals surface area contributed by atoms with E-state index in [1.807, 2.05) is 98.3 Å². The van der Waals surface area contributed by atoms with Gasteiger partial charge in [-0.25, -0.2) is 9.78 Å². The molecule has 0 spiro atoms. The van der Waals surface area contributed by atoms with E-state index >= 15 is 0 Å². The molecule has 1 aliphatic carbocycles. The van der Waals surface area contributed by atoms with Crippen molar-refractivity contribution in [2.75, 3.05) is 13.2 Å². The maximum atomic E-state index is 13.3. The monoisotopic (exact) mass is 646 g/mol. The van der Waals surface area contributed by atoms with Crippen LogP contribution in [0.2, 0.25) is 0 Å². The van der Waals surface area contributed by atoms with Crippen LogP contribution in [0.5, 0.6) is 0 Å². The smallest absolute Gasteiger partial charge is 0.407 e. The number of imidazole rings is 1. The summed E-state index contributed by atoms with van der Waals surface area (Å²) in [5, 5.41) is 5.71. The summed E-state index contributed by atoms with van der Waals surface area (Å²) in [6.45, 7) is 2.44. The predicted octanol–water partition coefficient (Wildman–Crippen LogP) is 7.31. The third kappa shape index (κ3) is 6.11. The summed E-state index contributed by atoms with van der Waals surface area (Å²) in [6, 6.07) is 46.5. The minimum atomic E-state index is -0.890. The average molecular weight is 647 g/mol. The number of likely N-dealkylation sites (N-methyl/N-ethyl adjacent to an activating group) is 1. The number of amides is 2. The largest absolute Gasteiger partial charge is 0.449 e. The molecule has 6 aromatic rings. The molecule has 1 aromatic heterocycles. The van der Waals surface area contributed by atoms with Crippen molar-refractivity contribution in [3.05, 3.63) is 186 Å². The molecular formula is C42H38N4O3. The minimum Gasteiger partial charge on any atom is -0.449 e. The van der Waals surface area contributed by atoms with Crippen LogP contribution in [0.25, 0.3) is 11.1 Å². The summed E-state index contributed by atoms with van der Waals surface area (Å²) in [7, 11) is 0. The first-order valence-electron chi connectivity index (χ1n) is 16.7. The van der Waals surface area contributed by atoms with Gasteiger partial charge in [-0.15, -0.1) is 0 Å². The summed E-state index contributed by atoms with van der Waals surface area (Å²) >= 11 is 0.